The molecule has 3 atom stereocenters. The van der Waals surface area contributed by atoms with Gasteiger partial charge in [-0.2, -0.15) is 0 Å². The van der Waals surface area contributed by atoms with Gasteiger partial charge in [-0.3, -0.25) is 23.4 Å². The SMILES string of the molecule is CCCCCCC/C=C\CCCCCCCC(=O)OC(COC(=O)CCCCCCC)COP(=O)(O)OCC(N)C(=O)O. The van der Waals surface area contributed by atoms with E-state index in [0.29, 0.717) is 12.8 Å². The number of carbonyl (C=O) groups excluding carboxylic acids is 2. The molecule has 0 rings (SSSR count). The van der Waals surface area contributed by atoms with Gasteiger partial charge in [0.25, 0.3) is 0 Å². The van der Waals surface area contributed by atoms with Crippen molar-refractivity contribution in [3.05, 3.63) is 12.2 Å². The topological polar surface area (TPSA) is 172 Å². The molecule has 0 bridgehead atoms. The van der Waals surface area contributed by atoms with Crippen molar-refractivity contribution in [2.24, 2.45) is 5.73 Å². The summed E-state index contributed by atoms with van der Waals surface area (Å²) in [5.74, 6) is -2.41. The van der Waals surface area contributed by atoms with Crippen LogP contribution in [0.3, 0.4) is 0 Å². The number of allylic oxidation sites excluding steroid dienone is 2. The summed E-state index contributed by atoms with van der Waals surface area (Å²) in [4.78, 5) is 45.2. The molecule has 0 aliphatic rings. The molecule has 12 heteroatoms. The van der Waals surface area contributed by atoms with Crippen LogP contribution in [0, 0.1) is 0 Å². The third kappa shape index (κ3) is 27.5. The van der Waals surface area contributed by atoms with Crippen LogP contribution in [0.25, 0.3) is 0 Å². The summed E-state index contributed by atoms with van der Waals surface area (Å²) in [5.41, 5.74) is 5.28. The summed E-state index contributed by atoms with van der Waals surface area (Å²) in [7, 11) is -4.69. The standard InChI is InChI=1S/C31H58NO10P/c1-3-5-7-9-10-11-12-13-14-15-16-17-19-21-23-30(34)42-27(24-39-29(33)22-20-18-8-6-4-2)25-40-43(37,38)41-26-28(32)31(35)36/h12-13,27-28H,3-11,14-26,32H2,1-2H3,(H,35,36)(H,37,38)/b13-12-. The van der Waals surface area contributed by atoms with Gasteiger partial charge in [-0.1, -0.05) is 96.6 Å². The maximum absolute atomic E-state index is 12.4. The van der Waals surface area contributed by atoms with Crippen LogP contribution in [-0.4, -0.2) is 59.9 Å². The van der Waals surface area contributed by atoms with E-state index >= 15 is 0 Å². The highest BCUT2D eigenvalue weighted by atomic mass is 31.2. The van der Waals surface area contributed by atoms with Crippen molar-refractivity contribution in [2.45, 2.75) is 148 Å². The van der Waals surface area contributed by atoms with Crippen molar-refractivity contribution in [1.82, 2.24) is 0 Å². The first-order valence-electron chi connectivity index (χ1n) is 16.2. The van der Waals surface area contributed by atoms with E-state index in [1.54, 1.807) is 0 Å². The fraction of sp³-hybridized carbons (Fsp3) is 0.839. The quantitative estimate of drug-likeness (QED) is 0.0321. The molecule has 0 aromatic carbocycles. The molecule has 0 aromatic rings. The predicted octanol–water partition coefficient (Wildman–Crippen LogP) is 6.99. The Bertz CT molecular complexity index is 807. The number of phosphoric ester groups is 1. The van der Waals surface area contributed by atoms with Gasteiger partial charge in [0.05, 0.1) is 13.2 Å². The van der Waals surface area contributed by atoms with Gasteiger partial charge in [0.15, 0.2) is 6.10 Å². The molecule has 0 saturated heterocycles. The van der Waals surface area contributed by atoms with E-state index in [9.17, 15) is 23.8 Å². The van der Waals surface area contributed by atoms with Gasteiger partial charge in [0.2, 0.25) is 0 Å². The Balaban J connectivity index is 4.45. The lowest BCUT2D eigenvalue weighted by Gasteiger charge is -2.20. The summed E-state index contributed by atoms with van der Waals surface area (Å²) >= 11 is 0. The number of esters is 2. The maximum Gasteiger partial charge on any atom is 0.472 e. The lowest BCUT2D eigenvalue weighted by molar-refractivity contribution is -0.161. The number of hydrogen-bond donors (Lipinski definition) is 3. The molecule has 0 aliphatic carbocycles. The highest BCUT2D eigenvalue weighted by Gasteiger charge is 2.28. The Kier molecular flexibility index (Phi) is 26.6. The highest BCUT2D eigenvalue weighted by Crippen LogP contribution is 2.43. The molecule has 11 nitrogen and oxygen atoms in total. The molecule has 0 fully saturated rings. The zero-order chi connectivity index (χ0) is 32.2. The Labute approximate surface area is 258 Å². The lowest BCUT2D eigenvalue weighted by Crippen LogP contribution is -2.34. The highest BCUT2D eigenvalue weighted by molar-refractivity contribution is 7.47. The monoisotopic (exact) mass is 635 g/mol. The second-order valence-corrected chi connectivity index (χ2v) is 12.4. The van der Waals surface area contributed by atoms with E-state index in [2.05, 4.69) is 30.5 Å². The van der Waals surface area contributed by atoms with Crippen molar-refractivity contribution in [2.75, 3.05) is 19.8 Å². The van der Waals surface area contributed by atoms with Gasteiger partial charge < -0.3 is 25.2 Å². The number of carboxylic acid groups (broad SMARTS) is 1. The molecular formula is C31H58NO10P. The second kappa shape index (κ2) is 27.7. The van der Waals surface area contributed by atoms with Gasteiger partial charge in [-0.25, -0.2) is 4.57 Å². The number of unbranched alkanes of at least 4 members (excludes halogenated alkanes) is 14. The zero-order valence-electron chi connectivity index (χ0n) is 26.6. The molecule has 0 saturated carbocycles. The average molecular weight is 636 g/mol. The first-order valence-corrected chi connectivity index (χ1v) is 17.7. The molecule has 0 amide bonds. The Morgan fingerprint density at radius 3 is 1.70 bits per heavy atom. The van der Waals surface area contributed by atoms with Gasteiger partial charge >= 0.3 is 25.7 Å². The summed E-state index contributed by atoms with van der Waals surface area (Å²) in [6.07, 6.45) is 22.0. The molecule has 4 N–H and O–H groups in total. The van der Waals surface area contributed by atoms with Crippen molar-refractivity contribution in [3.63, 3.8) is 0 Å². The average Bonchev–Trinajstić information content (AvgIpc) is 2.97. The lowest BCUT2D eigenvalue weighted by atomic mass is 10.1. The van der Waals surface area contributed by atoms with Crippen molar-refractivity contribution in [3.8, 4) is 0 Å². The molecule has 0 spiro atoms. The molecule has 43 heavy (non-hydrogen) atoms. The molecule has 0 heterocycles. The number of rotatable bonds is 30. The van der Waals surface area contributed by atoms with Crippen molar-refractivity contribution < 1.29 is 47.5 Å². The largest absolute Gasteiger partial charge is 0.480 e. The van der Waals surface area contributed by atoms with E-state index in [1.807, 2.05) is 0 Å². The van der Waals surface area contributed by atoms with Crippen molar-refractivity contribution in [1.29, 1.82) is 0 Å². The first kappa shape index (κ1) is 41.2. The summed E-state index contributed by atoms with van der Waals surface area (Å²) in [6, 6.07) is -1.52. The Hall–Kier alpha value is -1.78. The van der Waals surface area contributed by atoms with E-state index in [4.69, 9.17) is 24.8 Å². The van der Waals surface area contributed by atoms with Crippen LogP contribution in [-0.2, 0) is 37.5 Å². The molecule has 0 aromatic heterocycles. The van der Waals surface area contributed by atoms with E-state index in [-0.39, 0.29) is 19.4 Å². The summed E-state index contributed by atoms with van der Waals surface area (Å²) in [5, 5.41) is 8.80. The first-order chi connectivity index (χ1) is 20.6. The molecular weight excluding hydrogens is 577 g/mol. The van der Waals surface area contributed by atoms with Crippen LogP contribution in [0.4, 0.5) is 0 Å². The summed E-state index contributed by atoms with van der Waals surface area (Å²) in [6.45, 7) is 2.64. The number of phosphoric acid groups is 1. The number of carboxylic acids is 1. The third-order valence-electron chi connectivity index (χ3n) is 6.76. The predicted molar refractivity (Wildman–Crippen MR) is 166 cm³/mol. The minimum Gasteiger partial charge on any atom is -0.480 e. The normalized spacial score (nSPS) is 14.3. The van der Waals surface area contributed by atoms with Crippen LogP contribution in [0.2, 0.25) is 0 Å². The van der Waals surface area contributed by atoms with E-state index in [0.717, 1.165) is 64.2 Å². The molecule has 252 valence electrons. The zero-order valence-corrected chi connectivity index (χ0v) is 27.4. The van der Waals surface area contributed by atoms with Crippen molar-refractivity contribution >= 4 is 25.7 Å². The van der Waals surface area contributed by atoms with Crippen LogP contribution in [0.15, 0.2) is 12.2 Å². The fourth-order valence-corrected chi connectivity index (χ4v) is 4.89. The molecule has 3 unspecified atom stereocenters. The number of aliphatic carboxylic acids is 1. The van der Waals surface area contributed by atoms with Crippen LogP contribution in [0.5, 0.6) is 0 Å². The Morgan fingerprint density at radius 2 is 1.16 bits per heavy atom. The van der Waals surface area contributed by atoms with Gasteiger partial charge in [0.1, 0.15) is 12.6 Å². The molecule has 0 radical (unpaired) electrons. The van der Waals surface area contributed by atoms with Gasteiger partial charge in [-0.05, 0) is 38.5 Å². The van der Waals surface area contributed by atoms with E-state index < -0.39 is 51.1 Å². The van der Waals surface area contributed by atoms with Crippen LogP contribution in [0.1, 0.15) is 136 Å². The van der Waals surface area contributed by atoms with Crippen LogP contribution >= 0.6 is 7.82 Å². The molecule has 0 aliphatic heterocycles. The fourth-order valence-electron chi connectivity index (χ4n) is 4.12. The Morgan fingerprint density at radius 1 is 0.698 bits per heavy atom. The third-order valence-corrected chi connectivity index (χ3v) is 7.71. The minimum absolute atomic E-state index is 0.153. The summed E-state index contributed by atoms with van der Waals surface area (Å²) < 4.78 is 32.2. The smallest absolute Gasteiger partial charge is 0.472 e. The van der Waals surface area contributed by atoms with Crippen LogP contribution < -0.4 is 5.73 Å². The van der Waals surface area contributed by atoms with E-state index in [1.165, 1.54) is 32.1 Å². The van der Waals surface area contributed by atoms with Gasteiger partial charge in [0, 0.05) is 12.8 Å². The number of carbonyl (C=O) groups is 3. The number of nitrogens with two attached hydrogens (primary N) is 1. The number of hydrogen-bond acceptors (Lipinski definition) is 9. The number of ether oxygens (including phenoxy) is 2. The maximum atomic E-state index is 12.4. The minimum atomic E-state index is -4.69. The second-order valence-electron chi connectivity index (χ2n) is 10.9. The van der Waals surface area contributed by atoms with Gasteiger partial charge in [-0.15, -0.1) is 0 Å².